The number of rotatable bonds is 6. The molecule has 3 aliphatic heterocycles. The molecule has 3 aromatic carbocycles. The molecule has 0 saturated carbocycles. The summed E-state index contributed by atoms with van der Waals surface area (Å²) in [7, 11) is -5.81. The first-order valence-corrected chi connectivity index (χ1v) is 19.2. The Hall–Kier alpha value is -4.69. The van der Waals surface area contributed by atoms with Crippen molar-refractivity contribution < 1.29 is 47.0 Å². The van der Waals surface area contributed by atoms with Crippen molar-refractivity contribution in [2.45, 2.75) is 50.0 Å². The molecule has 3 atom stereocenters. The highest BCUT2D eigenvalue weighted by molar-refractivity contribution is 7.52. The molecule has 2 fully saturated rings. The topological polar surface area (TPSA) is 157 Å². The van der Waals surface area contributed by atoms with Crippen molar-refractivity contribution in [3.05, 3.63) is 83.2 Å². The summed E-state index contributed by atoms with van der Waals surface area (Å²) in [4.78, 5) is 78.0. The van der Waals surface area contributed by atoms with Gasteiger partial charge in [0.15, 0.2) is 0 Å². The molecular formula is C36H35F2N4O8PS. The number of halogens is 2. The highest BCUT2D eigenvalue weighted by atomic mass is 32.1. The van der Waals surface area contributed by atoms with Crippen molar-refractivity contribution in [3.8, 4) is 16.9 Å². The number of thiophene rings is 1. The average molecular weight is 753 g/mol. The van der Waals surface area contributed by atoms with Gasteiger partial charge in [0.05, 0.1) is 17.1 Å². The molecule has 3 N–H and O–H groups in total. The van der Waals surface area contributed by atoms with Crippen molar-refractivity contribution in [1.82, 2.24) is 15.1 Å². The number of ether oxygens (including phenoxy) is 1. The fraction of sp³-hybridized carbons (Fsp3) is 0.333. The van der Waals surface area contributed by atoms with E-state index in [1.165, 1.54) is 24.0 Å². The van der Waals surface area contributed by atoms with E-state index in [9.17, 15) is 32.5 Å². The minimum Gasteiger partial charge on any atom is -0.490 e. The van der Waals surface area contributed by atoms with Gasteiger partial charge in [-0.25, -0.2) is 0 Å². The van der Waals surface area contributed by atoms with Crippen LogP contribution in [-0.2, 0) is 24.6 Å². The molecule has 12 nitrogen and oxygen atoms in total. The van der Waals surface area contributed by atoms with Crippen molar-refractivity contribution >= 4 is 58.3 Å². The molecule has 4 heterocycles. The second-order valence-corrected chi connectivity index (χ2v) is 15.8. The summed E-state index contributed by atoms with van der Waals surface area (Å²) < 4.78 is 46.6. The van der Waals surface area contributed by atoms with Gasteiger partial charge in [-0.1, -0.05) is 42.5 Å². The first-order chi connectivity index (χ1) is 24.7. The quantitative estimate of drug-likeness (QED) is 0.234. The van der Waals surface area contributed by atoms with Gasteiger partial charge in [-0.05, 0) is 66.1 Å². The van der Waals surface area contributed by atoms with Crippen LogP contribution < -0.4 is 15.0 Å². The zero-order chi connectivity index (χ0) is 36.9. The number of hydrogen-bond donors (Lipinski definition) is 3. The summed E-state index contributed by atoms with van der Waals surface area (Å²) in [6.07, 6.45) is 1.37. The van der Waals surface area contributed by atoms with Gasteiger partial charge < -0.3 is 34.5 Å². The summed E-state index contributed by atoms with van der Waals surface area (Å²) in [5, 5.41) is 2.88. The van der Waals surface area contributed by atoms with E-state index in [1.807, 2.05) is 48.5 Å². The Balaban J connectivity index is 1.14. The Morgan fingerprint density at radius 3 is 2.46 bits per heavy atom. The third-order valence-corrected chi connectivity index (χ3v) is 12.0. The Morgan fingerprint density at radius 2 is 1.73 bits per heavy atom. The molecule has 0 unspecified atom stereocenters. The van der Waals surface area contributed by atoms with Crippen molar-refractivity contribution in [1.29, 1.82) is 0 Å². The maximum atomic E-state index is 14.4. The molecule has 0 bridgehead atoms. The summed E-state index contributed by atoms with van der Waals surface area (Å²) in [6.45, 7) is 2.09. The van der Waals surface area contributed by atoms with E-state index < -0.39 is 42.7 Å². The van der Waals surface area contributed by atoms with Crippen LogP contribution in [0.3, 0.4) is 0 Å². The third-order valence-electron chi connectivity index (χ3n) is 9.88. The van der Waals surface area contributed by atoms with Crippen LogP contribution in [0.1, 0.15) is 41.4 Å². The van der Waals surface area contributed by atoms with Gasteiger partial charge in [-0.15, -0.1) is 11.3 Å². The second-order valence-electron chi connectivity index (χ2n) is 13.1. The zero-order valence-electron chi connectivity index (χ0n) is 27.9. The summed E-state index contributed by atoms with van der Waals surface area (Å²) in [5.41, 5.74) is -2.81. The summed E-state index contributed by atoms with van der Waals surface area (Å²) >= 11 is 0.946. The predicted octanol–water partition coefficient (Wildman–Crippen LogP) is 4.93. The largest absolute Gasteiger partial charge is 0.490 e. The SMILES string of the molecule is CC(=O)N1CC[C@H]2CC[C@@H](C(=O)N3CCOc4cc(-c5ccccc5)ccc43)N2C(=O)[C@@H](NC(=O)c2cc3cc(C(F)(F)P(=O)(O)O)ccc3s2)C1. The molecule has 4 amide bonds. The normalized spacial score (nSPS) is 20.8. The van der Waals surface area contributed by atoms with Gasteiger partial charge in [0.1, 0.15) is 24.4 Å². The van der Waals surface area contributed by atoms with E-state index in [4.69, 9.17) is 14.5 Å². The maximum absolute atomic E-state index is 14.4. The van der Waals surface area contributed by atoms with E-state index in [-0.39, 0.29) is 47.8 Å². The number of carbonyl (C=O) groups excluding carboxylic acids is 4. The summed E-state index contributed by atoms with van der Waals surface area (Å²) in [6, 6.07) is 17.4. The predicted molar refractivity (Wildman–Crippen MR) is 189 cm³/mol. The minimum atomic E-state index is -5.81. The number of amides is 4. The van der Waals surface area contributed by atoms with E-state index in [0.29, 0.717) is 41.9 Å². The monoisotopic (exact) mass is 752 g/mol. The average Bonchev–Trinajstić information content (AvgIpc) is 3.75. The molecule has 0 radical (unpaired) electrons. The Kier molecular flexibility index (Phi) is 9.40. The molecule has 7 rings (SSSR count). The molecule has 52 heavy (non-hydrogen) atoms. The maximum Gasteiger partial charge on any atom is 0.399 e. The molecule has 4 aromatic rings. The second kappa shape index (κ2) is 13.7. The van der Waals surface area contributed by atoms with E-state index in [0.717, 1.165) is 34.6 Å². The molecule has 272 valence electrons. The third kappa shape index (κ3) is 6.58. The molecule has 1 aromatic heterocycles. The number of hydrogen-bond acceptors (Lipinski definition) is 7. The minimum absolute atomic E-state index is 0.0567. The van der Waals surface area contributed by atoms with Gasteiger partial charge in [0, 0.05) is 36.3 Å². The highest BCUT2D eigenvalue weighted by Gasteiger charge is 2.50. The number of benzene rings is 3. The smallest absolute Gasteiger partial charge is 0.399 e. The molecule has 2 saturated heterocycles. The standard InChI is InChI=1S/C36H35F2N4O8PS/c1-21(43)40-14-13-26-9-11-29(35(46)41-15-16-50-30-18-23(7-10-28(30)41)22-5-3-2-4-6-22)42(26)34(45)27(20-40)39-33(44)32-19-24-17-25(8-12-31(24)52-32)36(37,38)51(47,48)49/h2-8,10,12,17-19,26-27,29H,9,11,13-16,20H2,1H3,(H,39,44)(H2,47,48,49)/t26-,27+,29+/m1/s1. The number of nitrogens with zero attached hydrogens (tertiary/aromatic N) is 3. The van der Waals surface area contributed by atoms with Crippen LogP contribution in [0, 0.1) is 0 Å². The highest BCUT2D eigenvalue weighted by Crippen LogP contribution is 2.59. The van der Waals surface area contributed by atoms with Gasteiger partial charge in [-0.2, -0.15) is 8.78 Å². The van der Waals surface area contributed by atoms with Crippen LogP contribution in [-0.4, -0.2) is 87.6 Å². The number of alkyl halides is 2. The molecule has 16 heteroatoms. The van der Waals surface area contributed by atoms with Crippen LogP contribution in [0.2, 0.25) is 0 Å². The van der Waals surface area contributed by atoms with E-state index in [2.05, 4.69) is 5.32 Å². The Morgan fingerprint density at radius 1 is 0.962 bits per heavy atom. The Labute approximate surface area is 301 Å². The first-order valence-electron chi connectivity index (χ1n) is 16.7. The van der Waals surface area contributed by atoms with Crippen LogP contribution in [0.5, 0.6) is 5.75 Å². The van der Waals surface area contributed by atoms with Crippen LogP contribution in [0.15, 0.2) is 72.8 Å². The number of nitrogens with one attached hydrogen (secondary N) is 1. The van der Waals surface area contributed by atoms with Crippen LogP contribution in [0.4, 0.5) is 14.5 Å². The van der Waals surface area contributed by atoms with Crippen LogP contribution >= 0.6 is 18.9 Å². The lowest BCUT2D eigenvalue weighted by molar-refractivity contribution is -0.144. The summed E-state index contributed by atoms with van der Waals surface area (Å²) in [5.74, 6) is -1.22. The van der Waals surface area contributed by atoms with Crippen LogP contribution in [0.25, 0.3) is 21.2 Å². The fourth-order valence-electron chi connectivity index (χ4n) is 7.19. The van der Waals surface area contributed by atoms with E-state index in [1.54, 1.807) is 9.80 Å². The van der Waals surface area contributed by atoms with Gasteiger partial charge in [0.2, 0.25) is 17.7 Å². The molecular weight excluding hydrogens is 717 g/mol. The van der Waals surface area contributed by atoms with Crippen molar-refractivity contribution in [2.24, 2.45) is 0 Å². The lowest BCUT2D eigenvalue weighted by Crippen LogP contribution is -2.61. The van der Waals surface area contributed by atoms with E-state index >= 15 is 0 Å². The zero-order valence-corrected chi connectivity index (χ0v) is 29.6. The molecule has 0 spiro atoms. The fourth-order valence-corrected chi connectivity index (χ4v) is 8.61. The number of anilines is 1. The number of carbonyl (C=O) groups is 4. The lowest BCUT2D eigenvalue weighted by Gasteiger charge is -2.40. The lowest BCUT2D eigenvalue weighted by atomic mass is 10.0. The molecule has 0 aliphatic carbocycles. The van der Waals surface area contributed by atoms with Crippen molar-refractivity contribution in [3.63, 3.8) is 0 Å². The van der Waals surface area contributed by atoms with Gasteiger partial charge in [-0.3, -0.25) is 23.7 Å². The first kappa shape index (κ1) is 35.7. The van der Waals surface area contributed by atoms with Gasteiger partial charge in [0.25, 0.3) is 5.91 Å². The van der Waals surface area contributed by atoms with Crippen molar-refractivity contribution in [2.75, 3.05) is 31.1 Å². The molecule has 3 aliphatic rings. The number of fused-ring (bicyclic) bond motifs is 3. The Bertz CT molecular complexity index is 2130. The van der Waals surface area contributed by atoms with Gasteiger partial charge >= 0.3 is 13.3 Å².